The average molecular weight is 614 g/mol. The molecule has 2 amide bonds. The Morgan fingerprint density at radius 1 is 1.07 bits per heavy atom. The van der Waals surface area contributed by atoms with E-state index in [9.17, 15) is 22.8 Å². The number of nitrogens with zero attached hydrogens (tertiary/aromatic N) is 5. The molecular formula is C32H38F3N5O4. The number of ether oxygens (including phenoxy) is 2. The lowest BCUT2D eigenvalue weighted by Gasteiger charge is -2.44. The molecular weight excluding hydrogens is 575 g/mol. The van der Waals surface area contributed by atoms with Gasteiger partial charge in [0.15, 0.2) is 17.2 Å². The van der Waals surface area contributed by atoms with E-state index >= 15 is 0 Å². The van der Waals surface area contributed by atoms with E-state index in [-0.39, 0.29) is 48.8 Å². The van der Waals surface area contributed by atoms with Crippen LogP contribution in [0.5, 0.6) is 5.75 Å². The molecule has 1 aromatic heterocycles. The maximum absolute atomic E-state index is 14.8. The van der Waals surface area contributed by atoms with Crippen molar-refractivity contribution in [2.45, 2.75) is 84.0 Å². The zero-order chi connectivity index (χ0) is 32.0. The van der Waals surface area contributed by atoms with Crippen LogP contribution >= 0.6 is 0 Å². The maximum Gasteiger partial charge on any atom is 0.410 e. The van der Waals surface area contributed by atoms with Gasteiger partial charge in [0.05, 0.1) is 25.4 Å². The Morgan fingerprint density at radius 3 is 2.50 bits per heavy atom. The summed E-state index contributed by atoms with van der Waals surface area (Å²) in [5.41, 5.74) is -0.461. The highest BCUT2D eigenvalue weighted by Gasteiger charge is 2.53. The fourth-order valence-corrected chi connectivity index (χ4v) is 6.09. The molecule has 44 heavy (non-hydrogen) atoms. The van der Waals surface area contributed by atoms with Gasteiger partial charge in [0.25, 0.3) is 5.91 Å². The van der Waals surface area contributed by atoms with Crippen LogP contribution in [0, 0.1) is 17.5 Å². The first-order valence-electron chi connectivity index (χ1n) is 14.9. The van der Waals surface area contributed by atoms with Gasteiger partial charge in [-0.05, 0) is 76.8 Å². The number of rotatable bonds is 6. The van der Waals surface area contributed by atoms with E-state index in [4.69, 9.17) is 9.47 Å². The third-order valence-corrected chi connectivity index (χ3v) is 8.19. The van der Waals surface area contributed by atoms with Crippen LogP contribution in [0.4, 0.5) is 18.0 Å². The maximum atomic E-state index is 14.8. The molecule has 3 atom stereocenters. The summed E-state index contributed by atoms with van der Waals surface area (Å²) >= 11 is 0. The minimum Gasteiger partial charge on any atom is -0.494 e. The van der Waals surface area contributed by atoms with Gasteiger partial charge in [-0.1, -0.05) is 18.2 Å². The van der Waals surface area contributed by atoms with Crippen LogP contribution in [0.2, 0.25) is 0 Å². The Morgan fingerprint density at radius 2 is 1.80 bits per heavy atom. The van der Waals surface area contributed by atoms with Gasteiger partial charge in [-0.3, -0.25) is 4.79 Å². The monoisotopic (exact) mass is 613 g/mol. The third-order valence-electron chi connectivity index (χ3n) is 8.19. The molecule has 2 aliphatic heterocycles. The van der Waals surface area contributed by atoms with E-state index in [1.807, 2.05) is 39.0 Å². The molecule has 2 aliphatic rings. The van der Waals surface area contributed by atoms with Crippen LogP contribution in [0.25, 0.3) is 11.3 Å². The second-order valence-corrected chi connectivity index (χ2v) is 12.6. The Kier molecular flexibility index (Phi) is 8.39. The summed E-state index contributed by atoms with van der Waals surface area (Å²) in [6.45, 7) is 12.0. The summed E-state index contributed by atoms with van der Waals surface area (Å²) in [6, 6.07) is 6.52. The van der Waals surface area contributed by atoms with Crippen LogP contribution in [-0.4, -0.2) is 68.1 Å². The van der Waals surface area contributed by atoms with Gasteiger partial charge in [-0.15, -0.1) is 5.10 Å². The van der Waals surface area contributed by atoms with Crippen molar-refractivity contribution >= 4 is 12.0 Å². The van der Waals surface area contributed by atoms with Crippen molar-refractivity contribution in [1.82, 2.24) is 24.8 Å². The molecule has 0 radical (unpaired) electrons. The van der Waals surface area contributed by atoms with Gasteiger partial charge >= 0.3 is 6.09 Å². The van der Waals surface area contributed by atoms with E-state index in [1.165, 1.54) is 15.8 Å². The molecule has 3 unspecified atom stereocenters. The summed E-state index contributed by atoms with van der Waals surface area (Å²) in [4.78, 5) is 31.1. The molecule has 2 aromatic carbocycles. The lowest BCUT2D eigenvalue weighted by atomic mass is 9.86. The van der Waals surface area contributed by atoms with Crippen molar-refractivity contribution in [3.63, 3.8) is 0 Å². The Bertz CT molecular complexity index is 1570. The first-order chi connectivity index (χ1) is 20.7. The van der Waals surface area contributed by atoms with Crippen molar-refractivity contribution < 1.29 is 32.2 Å². The predicted molar refractivity (Wildman–Crippen MR) is 156 cm³/mol. The van der Waals surface area contributed by atoms with E-state index < -0.39 is 34.7 Å². The van der Waals surface area contributed by atoms with Crippen molar-refractivity contribution in [1.29, 1.82) is 0 Å². The number of carbonyl (C=O) groups is 2. The van der Waals surface area contributed by atoms with Crippen molar-refractivity contribution in [3.05, 3.63) is 65.1 Å². The summed E-state index contributed by atoms with van der Waals surface area (Å²) in [7, 11) is 0. The van der Waals surface area contributed by atoms with Gasteiger partial charge in [-0.25, -0.2) is 22.6 Å². The Balaban J connectivity index is 1.53. The van der Waals surface area contributed by atoms with Crippen molar-refractivity contribution in [2.75, 3.05) is 19.7 Å². The quantitative estimate of drug-likeness (QED) is 0.316. The molecule has 3 aromatic rings. The van der Waals surface area contributed by atoms with Gasteiger partial charge in [-0.2, -0.15) is 0 Å². The number of aromatic nitrogens is 3. The number of fused-ring (bicyclic) bond motifs is 1. The van der Waals surface area contributed by atoms with Crippen LogP contribution in [0.15, 0.2) is 36.5 Å². The number of amides is 2. The second-order valence-electron chi connectivity index (χ2n) is 12.6. The predicted octanol–water partition coefficient (Wildman–Crippen LogP) is 6.02. The largest absolute Gasteiger partial charge is 0.494 e. The van der Waals surface area contributed by atoms with E-state index in [2.05, 4.69) is 10.3 Å². The van der Waals surface area contributed by atoms with E-state index in [0.29, 0.717) is 25.2 Å². The van der Waals surface area contributed by atoms with Gasteiger partial charge < -0.3 is 19.3 Å². The molecule has 12 heteroatoms. The standard InChI is InChI=1S/C32H38F3N5O4/c1-7-12-43-22-8-9-23-20(3)40(19(2)13-21(23)14-22)29(41)32(10-11-38(18-32)30(42)44-31(4,5)6)39-17-28(36-37-39)24-15-26(34)27(35)16-25(24)33/h8-9,14-17,19-20H,7,10-13,18H2,1-6H3. The molecule has 236 valence electrons. The summed E-state index contributed by atoms with van der Waals surface area (Å²) < 4.78 is 55.1. The van der Waals surface area contributed by atoms with E-state index in [1.54, 1.807) is 25.7 Å². The lowest BCUT2D eigenvalue weighted by Crippen LogP contribution is -2.57. The minimum absolute atomic E-state index is 0.0730. The van der Waals surface area contributed by atoms with Gasteiger partial charge in [0.2, 0.25) is 0 Å². The Labute approximate surface area is 254 Å². The Hall–Kier alpha value is -4.09. The molecule has 1 fully saturated rings. The molecule has 9 nitrogen and oxygen atoms in total. The second kappa shape index (κ2) is 11.8. The highest BCUT2D eigenvalue weighted by atomic mass is 19.2. The molecule has 0 bridgehead atoms. The van der Waals surface area contributed by atoms with Gasteiger partial charge in [0, 0.05) is 30.6 Å². The molecule has 0 spiro atoms. The SMILES string of the molecule is CCCOc1ccc2c(c1)CC(C)N(C(=O)C1(n3cc(-c4cc(F)c(F)cc4F)nn3)CCN(C(=O)OC(C)(C)C)C1)C2C. The highest BCUT2D eigenvalue weighted by molar-refractivity contribution is 5.87. The smallest absolute Gasteiger partial charge is 0.410 e. The molecule has 3 heterocycles. The summed E-state index contributed by atoms with van der Waals surface area (Å²) in [5.74, 6) is -3.09. The number of halogens is 3. The van der Waals surface area contributed by atoms with Crippen LogP contribution in [0.3, 0.4) is 0 Å². The fraction of sp³-hybridized carbons (Fsp3) is 0.500. The zero-order valence-corrected chi connectivity index (χ0v) is 25.9. The normalized spacial score (nSPS) is 21.8. The van der Waals surface area contributed by atoms with Crippen molar-refractivity contribution in [3.8, 4) is 17.0 Å². The number of likely N-dealkylation sites (tertiary alicyclic amines) is 1. The zero-order valence-electron chi connectivity index (χ0n) is 25.9. The molecule has 0 aliphatic carbocycles. The average Bonchev–Trinajstić information content (AvgIpc) is 3.62. The number of hydrogen-bond donors (Lipinski definition) is 0. The number of benzene rings is 2. The van der Waals surface area contributed by atoms with Gasteiger partial charge in [0.1, 0.15) is 22.9 Å². The topological polar surface area (TPSA) is 89.8 Å². The minimum atomic E-state index is -1.42. The van der Waals surface area contributed by atoms with Crippen LogP contribution < -0.4 is 4.74 Å². The highest BCUT2D eigenvalue weighted by Crippen LogP contribution is 2.41. The molecule has 0 N–H and O–H groups in total. The number of carbonyl (C=O) groups excluding carboxylic acids is 2. The van der Waals surface area contributed by atoms with E-state index in [0.717, 1.165) is 23.3 Å². The van der Waals surface area contributed by atoms with Crippen LogP contribution in [-0.2, 0) is 21.5 Å². The molecule has 0 saturated carbocycles. The first kappa shape index (κ1) is 31.3. The number of hydrogen-bond acceptors (Lipinski definition) is 6. The van der Waals surface area contributed by atoms with Crippen LogP contribution in [0.1, 0.15) is 71.6 Å². The first-order valence-corrected chi connectivity index (χ1v) is 14.9. The third kappa shape index (κ3) is 5.86. The fourth-order valence-electron chi connectivity index (χ4n) is 6.09. The van der Waals surface area contributed by atoms with Crippen molar-refractivity contribution in [2.24, 2.45) is 0 Å². The summed E-state index contributed by atoms with van der Waals surface area (Å²) in [5, 5.41) is 8.24. The molecule has 1 saturated heterocycles. The summed E-state index contributed by atoms with van der Waals surface area (Å²) in [6.07, 6.45) is 2.42. The lowest BCUT2D eigenvalue weighted by molar-refractivity contribution is -0.146. The molecule has 5 rings (SSSR count).